The third-order valence-electron chi connectivity index (χ3n) is 3.57. The van der Waals surface area contributed by atoms with Crippen molar-refractivity contribution in [2.45, 2.75) is 23.7 Å². The van der Waals surface area contributed by atoms with Crippen molar-refractivity contribution in [2.24, 2.45) is 0 Å². The van der Waals surface area contributed by atoms with Crippen LogP contribution in [0.2, 0.25) is 0 Å². The van der Waals surface area contributed by atoms with Gasteiger partial charge in [0.25, 0.3) is 0 Å². The van der Waals surface area contributed by atoms with Crippen LogP contribution in [0.25, 0.3) is 0 Å². The van der Waals surface area contributed by atoms with E-state index in [4.69, 9.17) is 4.74 Å². The largest absolute Gasteiger partial charge is 0.465 e. The smallest absolute Gasteiger partial charge is 0.317 e. The monoisotopic (exact) mass is 310 g/mol. The normalized spacial score (nSPS) is 21.2. The summed E-state index contributed by atoms with van der Waals surface area (Å²) in [4.78, 5) is 14.7. The predicted molar refractivity (Wildman–Crippen MR) is 89.8 cm³/mol. The van der Waals surface area contributed by atoms with Crippen molar-refractivity contribution in [1.29, 1.82) is 0 Å². The van der Waals surface area contributed by atoms with Crippen LogP contribution in [-0.2, 0) is 9.53 Å². The van der Waals surface area contributed by atoms with Crippen LogP contribution >= 0.6 is 11.8 Å². The molecule has 0 saturated heterocycles. The van der Waals surface area contributed by atoms with Crippen molar-refractivity contribution in [2.75, 3.05) is 6.61 Å². The second-order valence-corrected chi connectivity index (χ2v) is 6.41. The van der Waals surface area contributed by atoms with E-state index in [9.17, 15) is 4.79 Å². The van der Waals surface area contributed by atoms with Gasteiger partial charge in [-0.05, 0) is 35.4 Å². The molecule has 112 valence electrons. The van der Waals surface area contributed by atoms with E-state index in [1.807, 2.05) is 48.5 Å². The second-order valence-electron chi connectivity index (χ2n) is 5.21. The van der Waals surface area contributed by atoms with Crippen LogP contribution in [0.1, 0.15) is 24.3 Å². The molecule has 2 nitrogen and oxygen atoms in total. The van der Waals surface area contributed by atoms with Gasteiger partial charge in [-0.3, -0.25) is 4.79 Å². The third kappa shape index (κ3) is 3.80. The zero-order valence-corrected chi connectivity index (χ0v) is 13.1. The Bertz CT molecular complexity index is 650. The van der Waals surface area contributed by atoms with Gasteiger partial charge in [0.2, 0.25) is 0 Å². The Balaban J connectivity index is 1.89. The molecule has 1 heterocycles. The summed E-state index contributed by atoms with van der Waals surface area (Å²) in [6.45, 7) is 0.495. The summed E-state index contributed by atoms with van der Waals surface area (Å²) in [6, 6.07) is 20.1. The molecule has 0 amide bonds. The molecule has 1 unspecified atom stereocenters. The van der Waals surface area contributed by atoms with Crippen LogP contribution in [0.15, 0.2) is 76.5 Å². The quantitative estimate of drug-likeness (QED) is 0.763. The summed E-state index contributed by atoms with van der Waals surface area (Å²) in [7, 11) is 0. The maximum absolute atomic E-state index is 12.3. The Labute approximate surface area is 135 Å². The molecule has 0 saturated carbocycles. The predicted octanol–water partition coefficient (Wildman–Crippen LogP) is 4.78. The molecule has 1 atom stereocenters. The van der Waals surface area contributed by atoms with E-state index in [1.54, 1.807) is 11.8 Å². The lowest BCUT2D eigenvalue weighted by Gasteiger charge is -2.18. The molecule has 0 bridgehead atoms. The number of esters is 1. The standard InChI is InChI=1S/C19H18O2S/c20-19-18(15-8-3-1-4-9-15)14-17(12-7-13-21-19)22-16-10-5-2-6-11-16/h1-6,8-11,14,18H,7,12-13H2/b17-14+. The number of benzene rings is 2. The molecule has 22 heavy (non-hydrogen) atoms. The third-order valence-corrected chi connectivity index (χ3v) is 4.68. The Morgan fingerprint density at radius 3 is 2.36 bits per heavy atom. The Morgan fingerprint density at radius 2 is 1.64 bits per heavy atom. The van der Waals surface area contributed by atoms with Crippen molar-refractivity contribution in [3.05, 3.63) is 77.2 Å². The summed E-state index contributed by atoms with van der Waals surface area (Å²) in [5, 5.41) is 0. The molecule has 0 N–H and O–H groups in total. The van der Waals surface area contributed by atoms with Gasteiger partial charge in [-0.1, -0.05) is 66.4 Å². The zero-order valence-electron chi connectivity index (χ0n) is 12.3. The van der Waals surface area contributed by atoms with E-state index >= 15 is 0 Å². The molecule has 2 aromatic rings. The van der Waals surface area contributed by atoms with Crippen molar-refractivity contribution in [1.82, 2.24) is 0 Å². The van der Waals surface area contributed by atoms with Crippen LogP contribution in [0.4, 0.5) is 0 Å². The molecule has 2 aromatic carbocycles. The van der Waals surface area contributed by atoms with Crippen molar-refractivity contribution < 1.29 is 9.53 Å². The van der Waals surface area contributed by atoms with Gasteiger partial charge in [-0.15, -0.1) is 0 Å². The minimum Gasteiger partial charge on any atom is -0.465 e. The summed E-state index contributed by atoms with van der Waals surface area (Å²) in [5.74, 6) is -0.468. The maximum Gasteiger partial charge on any atom is 0.317 e. The molecule has 0 aromatic heterocycles. The van der Waals surface area contributed by atoms with Gasteiger partial charge in [-0.2, -0.15) is 0 Å². The van der Waals surface area contributed by atoms with Gasteiger partial charge in [-0.25, -0.2) is 0 Å². The molecule has 0 radical (unpaired) electrons. The Morgan fingerprint density at radius 1 is 0.955 bits per heavy atom. The molecule has 1 aliphatic rings. The lowest BCUT2D eigenvalue weighted by molar-refractivity contribution is -0.144. The zero-order chi connectivity index (χ0) is 15.2. The molecule has 0 spiro atoms. The fourth-order valence-corrected chi connectivity index (χ4v) is 3.51. The average molecular weight is 310 g/mol. The number of thioether (sulfide) groups is 1. The fourth-order valence-electron chi connectivity index (χ4n) is 2.46. The lowest BCUT2D eigenvalue weighted by atomic mass is 9.97. The van der Waals surface area contributed by atoms with E-state index in [2.05, 4.69) is 18.2 Å². The first-order chi connectivity index (χ1) is 10.8. The van der Waals surface area contributed by atoms with Gasteiger partial charge in [0.05, 0.1) is 6.61 Å². The highest BCUT2D eigenvalue weighted by Gasteiger charge is 2.22. The minimum absolute atomic E-state index is 0.155. The number of cyclic esters (lactones) is 1. The van der Waals surface area contributed by atoms with Crippen LogP contribution in [0.3, 0.4) is 0 Å². The number of hydrogen-bond donors (Lipinski definition) is 0. The molecular weight excluding hydrogens is 292 g/mol. The first kappa shape index (κ1) is 14.9. The van der Waals surface area contributed by atoms with Gasteiger partial charge < -0.3 is 4.74 Å². The lowest BCUT2D eigenvalue weighted by Crippen LogP contribution is -2.17. The molecule has 0 aliphatic carbocycles. The highest BCUT2D eigenvalue weighted by atomic mass is 32.2. The summed E-state index contributed by atoms with van der Waals surface area (Å²) in [5.41, 5.74) is 0.987. The van der Waals surface area contributed by atoms with E-state index in [0.29, 0.717) is 6.61 Å². The summed E-state index contributed by atoms with van der Waals surface area (Å²) >= 11 is 1.74. The summed E-state index contributed by atoms with van der Waals surface area (Å²) < 4.78 is 5.36. The molecule has 1 aliphatic heterocycles. The van der Waals surface area contributed by atoms with Gasteiger partial charge >= 0.3 is 5.97 Å². The van der Waals surface area contributed by atoms with Crippen molar-refractivity contribution in [3.8, 4) is 0 Å². The van der Waals surface area contributed by atoms with Crippen molar-refractivity contribution in [3.63, 3.8) is 0 Å². The number of carbonyl (C=O) groups is 1. The number of rotatable bonds is 3. The first-order valence-corrected chi connectivity index (χ1v) is 8.30. The van der Waals surface area contributed by atoms with E-state index < -0.39 is 0 Å². The van der Waals surface area contributed by atoms with Gasteiger partial charge in [0.15, 0.2) is 0 Å². The maximum atomic E-state index is 12.3. The van der Waals surface area contributed by atoms with Crippen molar-refractivity contribution >= 4 is 17.7 Å². The SMILES string of the molecule is O=C1OCCC/C(Sc2ccccc2)=C\C1c1ccccc1. The highest BCUT2D eigenvalue weighted by molar-refractivity contribution is 8.03. The number of allylic oxidation sites excluding steroid dienone is 1. The molecule has 0 fully saturated rings. The topological polar surface area (TPSA) is 26.3 Å². The molecule has 3 rings (SSSR count). The number of ether oxygens (including phenoxy) is 1. The molecule has 3 heteroatoms. The number of carbonyl (C=O) groups excluding carboxylic acids is 1. The fraction of sp³-hybridized carbons (Fsp3) is 0.211. The average Bonchev–Trinajstić information content (AvgIpc) is 2.56. The van der Waals surface area contributed by atoms with Crippen LogP contribution < -0.4 is 0 Å². The minimum atomic E-state index is -0.312. The highest BCUT2D eigenvalue weighted by Crippen LogP contribution is 2.34. The van der Waals surface area contributed by atoms with E-state index in [1.165, 1.54) is 9.80 Å². The number of hydrogen-bond acceptors (Lipinski definition) is 3. The first-order valence-electron chi connectivity index (χ1n) is 7.48. The van der Waals surface area contributed by atoms with E-state index in [-0.39, 0.29) is 11.9 Å². The van der Waals surface area contributed by atoms with Crippen LogP contribution in [0, 0.1) is 0 Å². The second kappa shape index (κ2) is 7.32. The molecular formula is C19H18O2S. The van der Waals surface area contributed by atoms with E-state index in [0.717, 1.165) is 18.4 Å². The summed E-state index contributed by atoms with van der Waals surface area (Å²) in [6.07, 6.45) is 3.88. The Kier molecular flexibility index (Phi) is 4.96. The van der Waals surface area contributed by atoms with Crippen LogP contribution in [0.5, 0.6) is 0 Å². The Hall–Kier alpha value is -2.00. The van der Waals surface area contributed by atoms with Gasteiger partial charge in [0, 0.05) is 4.90 Å². The van der Waals surface area contributed by atoms with Gasteiger partial charge in [0.1, 0.15) is 5.92 Å². The van der Waals surface area contributed by atoms with Crippen LogP contribution in [-0.4, -0.2) is 12.6 Å².